The predicted molar refractivity (Wildman–Crippen MR) is 107 cm³/mol. The molecule has 0 radical (unpaired) electrons. The molecule has 150 valence electrons. The molecular weight excluding hydrogens is 356 g/mol. The average Bonchev–Trinajstić information content (AvgIpc) is 3.04. The maximum absolute atomic E-state index is 12.1. The summed E-state index contributed by atoms with van der Waals surface area (Å²) < 4.78 is 5.32. The van der Waals surface area contributed by atoms with Crippen molar-refractivity contribution in [1.82, 2.24) is 21.1 Å². The molecule has 0 atom stereocenters. The summed E-state index contributed by atoms with van der Waals surface area (Å²) in [6.45, 7) is 7.11. The Labute approximate surface area is 165 Å². The molecule has 1 fully saturated rings. The summed E-state index contributed by atoms with van der Waals surface area (Å²) in [5.74, 6) is 1.25. The number of amides is 3. The number of hydrazine groups is 1. The fourth-order valence-electron chi connectivity index (χ4n) is 3.51. The van der Waals surface area contributed by atoms with E-state index in [4.69, 9.17) is 4.42 Å². The number of urea groups is 1. The Hall–Kier alpha value is -2.80. The molecule has 7 nitrogen and oxygen atoms in total. The Morgan fingerprint density at radius 3 is 2.46 bits per heavy atom. The van der Waals surface area contributed by atoms with Gasteiger partial charge in [-0.2, -0.15) is 0 Å². The summed E-state index contributed by atoms with van der Waals surface area (Å²) in [6, 6.07) is 11.7. The van der Waals surface area contributed by atoms with Crippen molar-refractivity contribution in [3.05, 3.63) is 59.0 Å². The van der Waals surface area contributed by atoms with Crippen molar-refractivity contribution < 1.29 is 14.0 Å². The van der Waals surface area contributed by atoms with Crippen molar-refractivity contribution in [2.45, 2.75) is 33.2 Å². The number of carbonyl (C=O) groups excluding carboxylic acids is 2. The van der Waals surface area contributed by atoms with E-state index in [0.717, 1.165) is 32.5 Å². The zero-order chi connectivity index (χ0) is 19.9. The van der Waals surface area contributed by atoms with Gasteiger partial charge in [0.25, 0.3) is 5.91 Å². The highest BCUT2D eigenvalue weighted by atomic mass is 16.3. The molecule has 0 aliphatic carbocycles. The van der Waals surface area contributed by atoms with Crippen LogP contribution in [-0.4, -0.2) is 36.5 Å². The van der Waals surface area contributed by atoms with Crippen LogP contribution in [0, 0.1) is 19.8 Å². The lowest BCUT2D eigenvalue weighted by Crippen LogP contribution is -2.48. The van der Waals surface area contributed by atoms with Crippen LogP contribution in [0.25, 0.3) is 0 Å². The minimum atomic E-state index is -0.405. The van der Waals surface area contributed by atoms with Crippen molar-refractivity contribution in [1.29, 1.82) is 0 Å². The second-order valence-electron chi connectivity index (χ2n) is 7.32. The number of nitrogens with zero attached hydrogens (tertiary/aromatic N) is 1. The lowest BCUT2D eigenvalue weighted by molar-refractivity contribution is 0.0934. The monoisotopic (exact) mass is 384 g/mol. The topological polar surface area (TPSA) is 86.6 Å². The minimum Gasteiger partial charge on any atom is -0.466 e. The molecule has 3 amide bonds. The van der Waals surface area contributed by atoms with Gasteiger partial charge in [0.2, 0.25) is 0 Å². The van der Waals surface area contributed by atoms with E-state index in [-0.39, 0.29) is 0 Å². The van der Waals surface area contributed by atoms with Crippen LogP contribution in [0.5, 0.6) is 0 Å². The van der Waals surface area contributed by atoms with Crippen molar-refractivity contribution >= 4 is 11.9 Å². The van der Waals surface area contributed by atoms with Crippen LogP contribution in [0.4, 0.5) is 4.79 Å². The highest BCUT2D eigenvalue weighted by Crippen LogP contribution is 2.18. The van der Waals surface area contributed by atoms with E-state index >= 15 is 0 Å². The highest BCUT2D eigenvalue weighted by Gasteiger charge is 2.20. The molecule has 1 saturated heterocycles. The highest BCUT2D eigenvalue weighted by molar-refractivity contribution is 5.96. The first-order valence-electron chi connectivity index (χ1n) is 9.69. The minimum absolute atomic E-state index is 0.390. The largest absolute Gasteiger partial charge is 0.466 e. The third-order valence-electron chi connectivity index (χ3n) is 5.08. The molecule has 3 N–H and O–H groups in total. The quantitative estimate of drug-likeness (QED) is 0.692. The Morgan fingerprint density at radius 2 is 1.82 bits per heavy atom. The van der Waals surface area contributed by atoms with E-state index < -0.39 is 11.9 Å². The molecule has 0 unspecified atom stereocenters. The van der Waals surface area contributed by atoms with Gasteiger partial charge < -0.3 is 9.73 Å². The second-order valence-corrected chi connectivity index (χ2v) is 7.32. The van der Waals surface area contributed by atoms with E-state index in [2.05, 4.69) is 45.3 Å². The third kappa shape index (κ3) is 5.60. The number of likely N-dealkylation sites (tertiary alicyclic amines) is 1. The summed E-state index contributed by atoms with van der Waals surface area (Å²) in [5, 5.41) is 2.84. The molecule has 0 spiro atoms. The summed E-state index contributed by atoms with van der Waals surface area (Å²) in [4.78, 5) is 26.4. The first-order valence-corrected chi connectivity index (χ1v) is 9.69. The molecule has 0 saturated carbocycles. The van der Waals surface area contributed by atoms with Crippen LogP contribution in [0.2, 0.25) is 0 Å². The Bertz CT molecular complexity index is 795. The average molecular weight is 384 g/mol. The predicted octanol–water partition coefficient (Wildman–Crippen LogP) is 2.75. The molecule has 0 bridgehead atoms. The van der Waals surface area contributed by atoms with Gasteiger partial charge in [-0.1, -0.05) is 30.3 Å². The van der Waals surface area contributed by atoms with Crippen molar-refractivity contribution in [3.63, 3.8) is 0 Å². The number of aryl methyl sites for hydroxylation is 2. The van der Waals surface area contributed by atoms with Gasteiger partial charge in [-0.15, -0.1) is 0 Å². The first-order chi connectivity index (χ1) is 13.5. The molecule has 1 aromatic heterocycles. The summed E-state index contributed by atoms with van der Waals surface area (Å²) in [6.07, 6.45) is 2.10. The van der Waals surface area contributed by atoms with Gasteiger partial charge in [-0.25, -0.2) is 10.2 Å². The zero-order valence-electron chi connectivity index (χ0n) is 16.5. The Kier molecular flexibility index (Phi) is 6.71. The molecular formula is C21H28N4O3. The lowest BCUT2D eigenvalue weighted by atomic mass is 9.96. The smallest absolute Gasteiger partial charge is 0.333 e. The van der Waals surface area contributed by atoms with E-state index in [1.54, 1.807) is 19.9 Å². The summed E-state index contributed by atoms with van der Waals surface area (Å²) in [7, 11) is 0. The van der Waals surface area contributed by atoms with Crippen LogP contribution in [-0.2, 0) is 6.54 Å². The van der Waals surface area contributed by atoms with E-state index in [1.165, 1.54) is 5.56 Å². The normalized spacial score (nSPS) is 15.2. The zero-order valence-corrected chi connectivity index (χ0v) is 16.5. The van der Waals surface area contributed by atoms with Crippen LogP contribution in [0.3, 0.4) is 0 Å². The fourth-order valence-corrected chi connectivity index (χ4v) is 3.51. The molecule has 1 aromatic carbocycles. The molecule has 1 aliphatic heterocycles. The Balaban J connectivity index is 1.33. The van der Waals surface area contributed by atoms with Crippen LogP contribution < -0.4 is 16.2 Å². The van der Waals surface area contributed by atoms with Crippen molar-refractivity contribution in [2.75, 3.05) is 19.6 Å². The number of hydrogen-bond donors (Lipinski definition) is 3. The van der Waals surface area contributed by atoms with Crippen LogP contribution in [0.1, 0.15) is 40.3 Å². The first kappa shape index (κ1) is 19.9. The number of carbonyl (C=O) groups is 2. The van der Waals surface area contributed by atoms with Gasteiger partial charge in [0.15, 0.2) is 0 Å². The third-order valence-corrected chi connectivity index (χ3v) is 5.08. The number of piperidine rings is 1. The maximum Gasteiger partial charge on any atom is 0.333 e. The SMILES string of the molecule is Cc1cc(C(=O)NNC(=O)NCC2CCN(Cc3ccccc3)CC2)c(C)o1. The Morgan fingerprint density at radius 1 is 1.11 bits per heavy atom. The van der Waals surface area contributed by atoms with E-state index in [0.29, 0.717) is 29.5 Å². The number of rotatable bonds is 5. The molecule has 2 heterocycles. The second kappa shape index (κ2) is 9.41. The summed E-state index contributed by atoms with van der Waals surface area (Å²) >= 11 is 0. The van der Waals surface area contributed by atoms with Crippen LogP contribution in [0.15, 0.2) is 40.8 Å². The fraction of sp³-hybridized carbons (Fsp3) is 0.429. The summed E-state index contributed by atoms with van der Waals surface area (Å²) in [5.41, 5.74) is 6.55. The van der Waals surface area contributed by atoms with Gasteiger partial charge in [0, 0.05) is 13.1 Å². The molecule has 3 rings (SSSR count). The van der Waals surface area contributed by atoms with Gasteiger partial charge in [-0.05, 0) is 57.3 Å². The number of benzene rings is 1. The molecule has 7 heteroatoms. The van der Waals surface area contributed by atoms with Gasteiger partial charge >= 0.3 is 6.03 Å². The van der Waals surface area contributed by atoms with Crippen molar-refractivity contribution in [3.8, 4) is 0 Å². The van der Waals surface area contributed by atoms with E-state index in [1.807, 2.05) is 6.07 Å². The molecule has 2 aromatic rings. The molecule has 28 heavy (non-hydrogen) atoms. The number of nitrogens with one attached hydrogen (secondary N) is 3. The standard InChI is InChI=1S/C21H28N4O3/c1-15-12-19(16(2)28-15)20(26)23-24-21(27)22-13-17-8-10-25(11-9-17)14-18-6-4-3-5-7-18/h3-7,12,17H,8-11,13-14H2,1-2H3,(H,23,26)(H2,22,24,27). The molecule has 1 aliphatic rings. The number of furan rings is 1. The lowest BCUT2D eigenvalue weighted by Gasteiger charge is -2.32. The van der Waals surface area contributed by atoms with Crippen LogP contribution >= 0.6 is 0 Å². The maximum atomic E-state index is 12.1. The number of hydrogen-bond acceptors (Lipinski definition) is 4. The van der Waals surface area contributed by atoms with Gasteiger partial charge in [-0.3, -0.25) is 15.1 Å². The van der Waals surface area contributed by atoms with E-state index in [9.17, 15) is 9.59 Å². The van der Waals surface area contributed by atoms with Crippen molar-refractivity contribution in [2.24, 2.45) is 5.92 Å². The van der Waals surface area contributed by atoms with Gasteiger partial charge in [0.1, 0.15) is 11.5 Å². The van der Waals surface area contributed by atoms with Gasteiger partial charge in [0.05, 0.1) is 5.56 Å².